The maximum atomic E-state index is 5.69. The number of aromatic nitrogens is 1. The molecule has 1 aromatic carbocycles. The van der Waals surface area contributed by atoms with Crippen LogP contribution in [0.5, 0.6) is 17.4 Å². The molecule has 0 amide bonds. The summed E-state index contributed by atoms with van der Waals surface area (Å²) in [5.74, 6) is 2.03. The van der Waals surface area contributed by atoms with Gasteiger partial charge in [-0.05, 0) is 37.3 Å². The van der Waals surface area contributed by atoms with Gasteiger partial charge in [0, 0.05) is 6.07 Å². The number of anilines is 1. The number of aryl methyl sites for hydroxylation is 1. The zero-order valence-corrected chi connectivity index (χ0v) is 9.81. The minimum absolute atomic E-state index is 0.530. The molecule has 0 aliphatic carbocycles. The number of hydrogen-bond donors (Lipinski definition) is 1. The monoisotopic (exact) mass is 230 g/mol. The molecule has 0 fully saturated rings. The second-order valence-corrected chi connectivity index (χ2v) is 3.60. The molecule has 0 radical (unpaired) electrons. The van der Waals surface area contributed by atoms with Crippen molar-refractivity contribution in [2.75, 3.05) is 12.8 Å². The minimum atomic E-state index is 0.530. The van der Waals surface area contributed by atoms with Crippen LogP contribution in [-0.2, 0) is 0 Å². The third-order valence-electron chi connectivity index (χ3n) is 2.38. The summed E-state index contributed by atoms with van der Waals surface area (Å²) >= 11 is 0. The van der Waals surface area contributed by atoms with Crippen LogP contribution >= 0.6 is 0 Å². The van der Waals surface area contributed by atoms with Crippen molar-refractivity contribution >= 4 is 5.69 Å². The molecule has 4 nitrogen and oxygen atoms in total. The van der Waals surface area contributed by atoms with Gasteiger partial charge in [0.1, 0.15) is 11.5 Å². The number of nitrogen functional groups attached to an aromatic ring is 1. The van der Waals surface area contributed by atoms with E-state index in [0.29, 0.717) is 17.3 Å². The van der Waals surface area contributed by atoms with Crippen LogP contribution < -0.4 is 15.2 Å². The van der Waals surface area contributed by atoms with Gasteiger partial charge in [-0.25, -0.2) is 4.98 Å². The van der Waals surface area contributed by atoms with Crippen LogP contribution in [0.1, 0.15) is 5.69 Å². The molecule has 4 heteroatoms. The molecule has 0 bridgehead atoms. The van der Waals surface area contributed by atoms with E-state index in [0.717, 1.165) is 11.4 Å². The predicted molar refractivity (Wildman–Crippen MR) is 66.5 cm³/mol. The predicted octanol–water partition coefficient (Wildman–Crippen LogP) is 2.77. The molecule has 0 unspecified atom stereocenters. The smallest absolute Gasteiger partial charge is 0.219 e. The van der Waals surface area contributed by atoms with E-state index < -0.39 is 0 Å². The van der Waals surface area contributed by atoms with Crippen molar-refractivity contribution in [1.29, 1.82) is 0 Å². The first-order chi connectivity index (χ1) is 8.19. The van der Waals surface area contributed by atoms with Crippen molar-refractivity contribution < 1.29 is 9.47 Å². The molecular weight excluding hydrogens is 216 g/mol. The summed E-state index contributed by atoms with van der Waals surface area (Å²) in [5, 5.41) is 0. The molecule has 0 aliphatic rings. The van der Waals surface area contributed by atoms with Gasteiger partial charge in [0.2, 0.25) is 5.88 Å². The molecule has 0 saturated carbocycles. The number of nitrogens with two attached hydrogens (primary N) is 1. The van der Waals surface area contributed by atoms with Crippen molar-refractivity contribution in [3.8, 4) is 17.4 Å². The Labute approximate surface area is 100 Å². The van der Waals surface area contributed by atoms with Gasteiger partial charge < -0.3 is 15.2 Å². The van der Waals surface area contributed by atoms with Crippen LogP contribution in [0.25, 0.3) is 0 Å². The molecule has 0 atom stereocenters. The number of methoxy groups -OCH3 is 1. The Bertz CT molecular complexity index is 509. The van der Waals surface area contributed by atoms with E-state index in [-0.39, 0.29) is 0 Å². The lowest BCUT2D eigenvalue weighted by Crippen LogP contribution is -1.95. The lowest BCUT2D eigenvalue weighted by molar-refractivity contribution is 0.412. The largest absolute Gasteiger partial charge is 0.497 e. The SMILES string of the molecule is COc1ccc(Oc2ccc(N)c(C)n2)cc1. The molecule has 0 spiro atoms. The molecule has 1 heterocycles. The molecule has 1 aromatic heterocycles. The Kier molecular flexibility index (Phi) is 3.14. The molecule has 2 rings (SSSR count). The van der Waals surface area contributed by atoms with Crippen molar-refractivity contribution in [1.82, 2.24) is 4.98 Å². The van der Waals surface area contributed by atoms with E-state index in [2.05, 4.69) is 4.98 Å². The average molecular weight is 230 g/mol. The summed E-state index contributed by atoms with van der Waals surface area (Å²) in [6, 6.07) is 10.8. The number of benzene rings is 1. The summed E-state index contributed by atoms with van der Waals surface area (Å²) < 4.78 is 10.7. The fourth-order valence-corrected chi connectivity index (χ4v) is 1.37. The van der Waals surface area contributed by atoms with Gasteiger partial charge in [-0.15, -0.1) is 0 Å². The van der Waals surface area contributed by atoms with Gasteiger partial charge in [-0.1, -0.05) is 0 Å². The number of nitrogens with zero attached hydrogens (tertiary/aromatic N) is 1. The molecule has 17 heavy (non-hydrogen) atoms. The van der Waals surface area contributed by atoms with Gasteiger partial charge in [0.05, 0.1) is 18.5 Å². The van der Waals surface area contributed by atoms with Crippen LogP contribution in [0.3, 0.4) is 0 Å². The standard InChI is InChI=1S/C13H14N2O2/c1-9-12(14)7-8-13(15-9)17-11-5-3-10(16-2)4-6-11/h3-8H,14H2,1-2H3. The van der Waals surface area contributed by atoms with Crippen molar-refractivity contribution in [2.45, 2.75) is 6.92 Å². The highest BCUT2D eigenvalue weighted by Gasteiger charge is 2.01. The van der Waals surface area contributed by atoms with Crippen LogP contribution in [0.15, 0.2) is 36.4 Å². The summed E-state index contributed by atoms with van der Waals surface area (Å²) in [6.07, 6.45) is 0. The highest BCUT2D eigenvalue weighted by atomic mass is 16.5. The van der Waals surface area contributed by atoms with E-state index in [9.17, 15) is 0 Å². The van der Waals surface area contributed by atoms with Crippen LogP contribution in [0.2, 0.25) is 0 Å². The Morgan fingerprint density at radius 1 is 1.00 bits per heavy atom. The van der Waals surface area contributed by atoms with Crippen molar-refractivity contribution in [3.63, 3.8) is 0 Å². The molecular formula is C13H14N2O2. The fourth-order valence-electron chi connectivity index (χ4n) is 1.37. The maximum Gasteiger partial charge on any atom is 0.219 e. The zero-order valence-electron chi connectivity index (χ0n) is 9.81. The van der Waals surface area contributed by atoms with E-state index >= 15 is 0 Å². The van der Waals surface area contributed by atoms with Crippen LogP contribution in [0.4, 0.5) is 5.69 Å². The highest BCUT2D eigenvalue weighted by molar-refractivity contribution is 5.44. The number of rotatable bonds is 3. The first-order valence-corrected chi connectivity index (χ1v) is 5.24. The second kappa shape index (κ2) is 4.74. The quantitative estimate of drug-likeness (QED) is 0.880. The summed E-state index contributed by atoms with van der Waals surface area (Å²) in [4.78, 5) is 4.23. The Balaban J connectivity index is 2.16. The maximum absolute atomic E-state index is 5.69. The Hall–Kier alpha value is -2.23. The zero-order chi connectivity index (χ0) is 12.3. The van der Waals surface area contributed by atoms with Gasteiger partial charge in [0.15, 0.2) is 0 Å². The van der Waals surface area contributed by atoms with Gasteiger partial charge in [-0.3, -0.25) is 0 Å². The summed E-state index contributed by atoms with van der Waals surface area (Å²) in [6.45, 7) is 1.84. The van der Waals surface area contributed by atoms with Gasteiger partial charge >= 0.3 is 0 Å². The summed E-state index contributed by atoms with van der Waals surface area (Å²) in [5.41, 5.74) is 7.10. The Morgan fingerprint density at radius 2 is 1.65 bits per heavy atom. The third kappa shape index (κ3) is 2.66. The van der Waals surface area contributed by atoms with Gasteiger partial charge in [-0.2, -0.15) is 0 Å². The normalized spacial score (nSPS) is 10.0. The number of pyridine rings is 1. The lowest BCUT2D eigenvalue weighted by Gasteiger charge is -2.07. The summed E-state index contributed by atoms with van der Waals surface area (Å²) in [7, 11) is 1.63. The van der Waals surface area contributed by atoms with E-state index in [1.807, 2.05) is 31.2 Å². The van der Waals surface area contributed by atoms with Crippen molar-refractivity contribution in [3.05, 3.63) is 42.1 Å². The first kappa shape index (κ1) is 11.3. The third-order valence-corrected chi connectivity index (χ3v) is 2.38. The average Bonchev–Trinajstić information content (AvgIpc) is 2.35. The van der Waals surface area contributed by atoms with Crippen LogP contribution in [-0.4, -0.2) is 12.1 Å². The first-order valence-electron chi connectivity index (χ1n) is 5.24. The number of ether oxygens (including phenoxy) is 2. The molecule has 2 aromatic rings. The van der Waals surface area contributed by atoms with E-state index in [4.69, 9.17) is 15.2 Å². The lowest BCUT2D eigenvalue weighted by atomic mass is 10.3. The van der Waals surface area contributed by atoms with Crippen LogP contribution in [0, 0.1) is 6.92 Å². The molecule has 0 saturated heterocycles. The van der Waals surface area contributed by atoms with Crippen molar-refractivity contribution in [2.24, 2.45) is 0 Å². The highest BCUT2D eigenvalue weighted by Crippen LogP contribution is 2.23. The fraction of sp³-hybridized carbons (Fsp3) is 0.154. The molecule has 2 N–H and O–H groups in total. The van der Waals surface area contributed by atoms with E-state index in [1.54, 1.807) is 19.2 Å². The molecule has 88 valence electrons. The minimum Gasteiger partial charge on any atom is -0.497 e. The topological polar surface area (TPSA) is 57.4 Å². The number of hydrogen-bond acceptors (Lipinski definition) is 4. The van der Waals surface area contributed by atoms with Gasteiger partial charge in [0.25, 0.3) is 0 Å². The van der Waals surface area contributed by atoms with E-state index in [1.165, 1.54) is 0 Å². The molecule has 0 aliphatic heterocycles. The Morgan fingerprint density at radius 3 is 2.24 bits per heavy atom. The second-order valence-electron chi connectivity index (χ2n) is 3.60.